The van der Waals surface area contributed by atoms with Crippen LogP contribution in [0.4, 0.5) is 0 Å². The van der Waals surface area contributed by atoms with Crippen molar-refractivity contribution in [2.24, 2.45) is 0 Å². The van der Waals surface area contributed by atoms with Gasteiger partial charge in [-0.25, -0.2) is 0 Å². The Morgan fingerprint density at radius 3 is 2.17 bits per heavy atom. The summed E-state index contributed by atoms with van der Waals surface area (Å²) in [6.07, 6.45) is 0. The van der Waals surface area contributed by atoms with E-state index in [4.69, 9.17) is 8.88 Å². The third-order valence-corrected chi connectivity index (χ3v) is 1.92. The maximum absolute atomic E-state index is 4.80. The first-order chi connectivity index (χ1) is 2.79. The Hall–Kier alpha value is 0.505. The highest BCUT2D eigenvalue weighted by Gasteiger charge is 2.42. The largest absolute Gasteiger partial charge is 0.573 e. The minimum atomic E-state index is -0.874. The van der Waals surface area contributed by atoms with Gasteiger partial charge in [-0.15, -0.1) is 0 Å². The zero-order chi connectivity index (χ0) is 4.57. The quantitative estimate of drug-likeness (QED) is 0.350. The van der Waals surface area contributed by atoms with Gasteiger partial charge in [0.1, 0.15) is 0 Å². The Morgan fingerprint density at radius 2 is 2.17 bits per heavy atom. The molecule has 1 rings (SSSR count). The highest BCUT2D eigenvalue weighted by atomic mass is 32.4. The second-order valence-electron chi connectivity index (χ2n) is 1.00. The molecule has 1 aliphatic heterocycles. The first-order valence-electron chi connectivity index (χ1n) is 1.60. The van der Waals surface area contributed by atoms with Gasteiger partial charge in [0.2, 0.25) is 11.8 Å². The van der Waals surface area contributed by atoms with Crippen LogP contribution in [0.2, 0.25) is 6.82 Å². The molecular weight excluding hydrogens is 118 g/mol. The van der Waals surface area contributed by atoms with Crippen molar-refractivity contribution in [2.45, 2.75) is 6.82 Å². The molecule has 5 heteroatoms. The second kappa shape index (κ2) is 1.54. The summed E-state index contributed by atoms with van der Waals surface area (Å²) in [4.78, 5) is 0. The van der Waals surface area contributed by atoms with Crippen molar-refractivity contribution in [3.8, 4) is 0 Å². The van der Waals surface area contributed by atoms with Crippen LogP contribution in [0.5, 0.6) is 0 Å². The minimum absolute atomic E-state index is 0.0337. The molecule has 0 radical (unpaired) electrons. The van der Waals surface area contributed by atoms with Gasteiger partial charge in [0, 0.05) is 0 Å². The summed E-state index contributed by atoms with van der Waals surface area (Å²) < 4.78 is 9.59. The van der Waals surface area contributed by atoms with E-state index in [0.717, 1.165) is 0 Å². The van der Waals surface area contributed by atoms with Gasteiger partial charge in [-0.05, 0) is 6.82 Å². The Kier molecular flexibility index (Phi) is 1.20. The average molecular weight is 121 g/mol. The normalized spacial score (nSPS) is 20.8. The van der Waals surface area contributed by atoms with Crippen LogP contribution in [0, 0.1) is 0 Å². The van der Waals surface area contributed by atoms with Crippen molar-refractivity contribution in [2.75, 3.05) is 0 Å². The average Bonchev–Trinajstić information content (AvgIpc) is 1.33. The van der Waals surface area contributed by atoms with Crippen molar-refractivity contribution < 1.29 is 8.88 Å². The van der Waals surface area contributed by atoms with Crippen LogP contribution >= 0.6 is 7.15 Å². The maximum Gasteiger partial charge on any atom is 0.573 e. The van der Waals surface area contributed by atoms with Gasteiger partial charge < -0.3 is 0 Å². The van der Waals surface area contributed by atoms with E-state index in [1.165, 1.54) is 0 Å². The van der Waals surface area contributed by atoms with Crippen LogP contribution in [-0.2, 0) is 20.7 Å². The topological polar surface area (TPSA) is 18.5 Å². The van der Waals surface area contributed by atoms with E-state index in [9.17, 15) is 0 Å². The molecule has 0 aromatic heterocycles. The third kappa shape index (κ3) is 0.765. The lowest BCUT2D eigenvalue weighted by Gasteiger charge is -2.01. The standard InChI is InChI=1S/CH3BO2PS/c1-2-3-5(6)4-2/h1H3/q+1. The molecule has 1 aliphatic rings. The molecule has 0 bridgehead atoms. The molecule has 0 amide bonds. The van der Waals surface area contributed by atoms with Crippen molar-refractivity contribution in [1.82, 2.24) is 0 Å². The first-order valence-corrected chi connectivity index (χ1v) is 3.79. The summed E-state index contributed by atoms with van der Waals surface area (Å²) in [5.41, 5.74) is 0. The van der Waals surface area contributed by atoms with E-state index in [1.807, 2.05) is 6.82 Å². The van der Waals surface area contributed by atoms with E-state index in [0.29, 0.717) is 0 Å². The molecule has 0 aliphatic carbocycles. The van der Waals surface area contributed by atoms with E-state index in [2.05, 4.69) is 11.8 Å². The predicted molar refractivity (Wildman–Crippen MR) is 28.1 cm³/mol. The first kappa shape index (κ1) is 4.66. The van der Waals surface area contributed by atoms with Crippen LogP contribution in [-0.4, -0.2) is 7.12 Å². The molecule has 1 fully saturated rings. The smallest absolute Gasteiger partial charge is 0.170 e. The molecule has 0 aromatic rings. The van der Waals surface area contributed by atoms with Gasteiger partial charge in [0.05, 0.1) is 0 Å². The lowest BCUT2D eigenvalue weighted by Crippen LogP contribution is -2.20. The molecule has 0 unspecified atom stereocenters. The van der Waals surface area contributed by atoms with Gasteiger partial charge in [-0.1, -0.05) is 0 Å². The Labute approximate surface area is 42.6 Å². The van der Waals surface area contributed by atoms with Crippen LogP contribution in [0.1, 0.15) is 0 Å². The Bertz CT molecular complexity index is 77.6. The molecule has 0 spiro atoms. The van der Waals surface area contributed by atoms with Crippen LogP contribution < -0.4 is 0 Å². The highest BCUT2D eigenvalue weighted by molar-refractivity contribution is 8.02. The molecule has 0 atom stereocenters. The lowest BCUT2D eigenvalue weighted by atomic mass is 9.98. The lowest BCUT2D eigenvalue weighted by molar-refractivity contribution is 0.374. The highest BCUT2D eigenvalue weighted by Crippen LogP contribution is 2.36. The number of hydrogen-bond donors (Lipinski definition) is 0. The van der Waals surface area contributed by atoms with Gasteiger partial charge in [-0.2, -0.15) is 8.88 Å². The second-order valence-corrected chi connectivity index (χ2v) is 2.77. The molecule has 1 heterocycles. The monoisotopic (exact) mass is 121 g/mol. The van der Waals surface area contributed by atoms with Crippen molar-refractivity contribution in [1.29, 1.82) is 0 Å². The van der Waals surface area contributed by atoms with Gasteiger partial charge in [0.25, 0.3) is 0 Å². The van der Waals surface area contributed by atoms with E-state index >= 15 is 0 Å². The Balaban J connectivity index is 2.28. The maximum atomic E-state index is 4.80. The minimum Gasteiger partial charge on any atom is -0.170 e. The van der Waals surface area contributed by atoms with E-state index < -0.39 is 7.15 Å². The summed E-state index contributed by atoms with van der Waals surface area (Å²) in [5.74, 6) is 0. The molecular formula is CH3BO2PS+. The molecule has 2 nitrogen and oxygen atoms in total. The van der Waals surface area contributed by atoms with Crippen LogP contribution in [0.25, 0.3) is 0 Å². The van der Waals surface area contributed by atoms with Crippen LogP contribution in [0.15, 0.2) is 0 Å². The molecule has 32 valence electrons. The van der Waals surface area contributed by atoms with Gasteiger partial charge >= 0.3 is 14.3 Å². The van der Waals surface area contributed by atoms with Crippen LogP contribution in [0.3, 0.4) is 0 Å². The molecule has 0 N–H and O–H groups in total. The fourth-order valence-electron chi connectivity index (χ4n) is 0.250. The van der Waals surface area contributed by atoms with Crippen molar-refractivity contribution >= 4 is 26.1 Å². The zero-order valence-electron chi connectivity index (χ0n) is 3.25. The summed E-state index contributed by atoms with van der Waals surface area (Å²) in [6, 6.07) is 0. The van der Waals surface area contributed by atoms with Crippen molar-refractivity contribution in [3.63, 3.8) is 0 Å². The third-order valence-electron chi connectivity index (χ3n) is 0.469. The molecule has 6 heavy (non-hydrogen) atoms. The van der Waals surface area contributed by atoms with Crippen molar-refractivity contribution in [3.05, 3.63) is 0 Å². The van der Waals surface area contributed by atoms with Gasteiger partial charge in [0.15, 0.2) is 0 Å². The summed E-state index contributed by atoms with van der Waals surface area (Å²) in [7, 11) is -0.907. The summed E-state index contributed by atoms with van der Waals surface area (Å²) in [6.45, 7) is 1.82. The molecule has 1 saturated heterocycles. The number of hydrogen-bond acceptors (Lipinski definition) is 3. The van der Waals surface area contributed by atoms with Gasteiger partial charge in [-0.3, -0.25) is 0 Å². The molecule has 0 saturated carbocycles. The SMILES string of the molecule is CB1O[P+](=S)O1. The summed E-state index contributed by atoms with van der Waals surface area (Å²) in [5, 5.41) is 0. The Morgan fingerprint density at radius 1 is 1.67 bits per heavy atom. The van der Waals surface area contributed by atoms with E-state index in [1.54, 1.807) is 0 Å². The predicted octanol–water partition coefficient (Wildman–Crippen LogP) is 0.925. The van der Waals surface area contributed by atoms with E-state index in [-0.39, 0.29) is 7.12 Å². The summed E-state index contributed by atoms with van der Waals surface area (Å²) >= 11 is 4.56. The zero-order valence-corrected chi connectivity index (χ0v) is 4.96. The molecule has 0 aromatic carbocycles. The fraction of sp³-hybridized carbons (Fsp3) is 1.00. The number of rotatable bonds is 0. The fourth-order valence-corrected chi connectivity index (χ4v) is 1.48.